The van der Waals surface area contributed by atoms with Crippen LogP contribution in [0.2, 0.25) is 0 Å². The van der Waals surface area contributed by atoms with Crippen LogP contribution in [0.3, 0.4) is 0 Å². The van der Waals surface area contributed by atoms with E-state index in [4.69, 9.17) is 5.73 Å². The zero-order chi connectivity index (χ0) is 32.4. The van der Waals surface area contributed by atoms with E-state index in [0.717, 1.165) is 30.3 Å². The Kier molecular flexibility index (Phi) is 44.1. The van der Waals surface area contributed by atoms with Gasteiger partial charge in [-0.05, 0) is 69.2 Å². The molecule has 1 saturated carbocycles. The number of rotatable bonds is 6. The van der Waals surface area contributed by atoms with Gasteiger partial charge in [-0.3, -0.25) is 19.1 Å². The summed E-state index contributed by atoms with van der Waals surface area (Å²) in [6.45, 7) is 28.5. The molecule has 1 aliphatic carbocycles. The largest absolute Gasteiger partial charge is 0.344 e. The van der Waals surface area contributed by atoms with Gasteiger partial charge in [0.1, 0.15) is 5.54 Å². The van der Waals surface area contributed by atoms with Crippen molar-refractivity contribution < 1.29 is 14.4 Å². The number of hydrogen-bond acceptors (Lipinski definition) is 5. The lowest BCUT2D eigenvalue weighted by molar-refractivity contribution is -0.124. The number of nitrogens with zero attached hydrogens (tertiary/aromatic N) is 1. The van der Waals surface area contributed by atoms with E-state index < -0.39 is 5.54 Å². The first kappa shape index (κ1) is 47.7. The molecule has 1 heterocycles. The van der Waals surface area contributed by atoms with E-state index in [1.807, 2.05) is 83.7 Å². The number of likely N-dealkylation sites (tertiary alicyclic amines) is 1. The minimum Gasteiger partial charge on any atom is -0.344 e. The molecular formula is C32H66N4O3S. The molecule has 8 heteroatoms. The Morgan fingerprint density at radius 2 is 1.45 bits per heavy atom. The lowest BCUT2D eigenvalue weighted by atomic mass is 10.2. The molecule has 1 aromatic rings. The van der Waals surface area contributed by atoms with Crippen molar-refractivity contribution in [2.45, 2.75) is 139 Å². The summed E-state index contributed by atoms with van der Waals surface area (Å²) in [5.74, 6) is 0.702. The molecule has 0 bridgehead atoms. The van der Waals surface area contributed by atoms with Gasteiger partial charge in [0.2, 0.25) is 12.8 Å². The van der Waals surface area contributed by atoms with Crippen LogP contribution in [0.15, 0.2) is 35.2 Å². The van der Waals surface area contributed by atoms with E-state index in [9.17, 15) is 14.4 Å². The summed E-state index contributed by atoms with van der Waals surface area (Å²) in [4.78, 5) is 35.0. The first-order valence-electron chi connectivity index (χ1n) is 15.3. The molecule has 40 heavy (non-hydrogen) atoms. The molecule has 7 nitrogen and oxygen atoms in total. The molecular weight excluding hydrogens is 520 g/mol. The molecule has 1 unspecified atom stereocenters. The van der Waals surface area contributed by atoms with Crippen molar-refractivity contribution in [3.63, 3.8) is 0 Å². The maximum absolute atomic E-state index is 11.7. The Morgan fingerprint density at radius 1 is 1.02 bits per heavy atom. The van der Waals surface area contributed by atoms with Crippen LogP contribution in [-0.2, 0) is 14.4 Å². The molecule has 2 fully saturated rings. The van der Waals surface area contributed by atoms with E-state index in [-0.39, 0.29) is 5.91 Å². The zero-order valence-electron chi connectivity index (χ0n) is 28.3. The van der Waals surface area contributed by atoms with Crippen LogP contribution in [0.25, 0.3) is 0 Å². The van der Waals surface area contributed by atoms with Gasteiger partial charge < -0.3 is 16.0 Å². The average Bonchev–Trinajstić information content (AvgIpc) is 3.64. The minimum atomic E-state index is -0.649. The average molecular weight is 587 g/mol. The molecule has 3 rings (SSSR count). The van der Waals surface area contributed by atoms with Crippen molar-refractivity contribution in [1.82, 2.24) is 14.9 Å². The monoisotopic (exact) mass is 586 g/mol. The van der Waals surface area contributed by atoms with Gasteiger partial charge in [0, 0.05) is 17.5 Å². The Balaban J connectivity index is -0.000000143. The third kappa shape index (κ3) is 30.5. The number of hydrogen-bond donors (Lipinski definition) is 3. The highest BCUT2D eigenvalue weighted by atomic mass is 32.2. The molecule has 1 aliphatic heterocycles. The van der Waals surface area contributed by atoms with Crippen LogP contribution in [0, 0.1) is 5.92 Å². The lowest BCUT2D eigenvalue weighted by Gasteiger charge is -2.13. The van der Waals surface area contributed by atoms with Gasteiger partial charge >= 0.3 is 0 Å². The summed E-state index contributed by atoms with van der Waals surface area (Å²) in [5, 5.41) is 2.56. The van der Waals surface area contributed by atoms with Crippen LogP contribution >= 0.6 is 11.9 Å². The summed E-state index contributed by atoms with van der Waals surface area (Å²) >= 11 is 1.27. The second-order valence-corrected chi connectivity index (χ2v) is 9.75. The predicted molar refractivity (Wildman–Crippen MR) is 178 cm³/mol. The van der Waals surface area contributed by atoms with E-state index in [0.29, 0.717) is 25.3 Å². The van der Waals surface area contributed by atoms with Crippen molar-refractivity contribution >= 4 is 30.7 Å². The summed E-state index contributed by atoms with van der Waals surface area (Å²) in [6.07, 6.45) is 6.57. The van der Waals surface area contributed by atoms with Crippen LogP contribution < -0.4 is 15.8 Å². The normalized spacial score (nSPS) is 14.5. The van der Waals surface area contributed by atoms with Crippen molar-refractivity contribution in [1.29, 1.82) is 0 Å². The van der Waals surface area contributed by atoms with Gasteiger partial charge in [-0.15, -0.1) is 0 Å². The Hall–Kier alpha value is -2.06. The number of carbonyl (C=O) groups is 3. The van der Waals surface area contributed by atoms with Crippen LogP contribution in [0.1, 0.15) is 122 Å². The third-order valence-corrected chi connectivity index (χ3v) is 5.06. The van der Waals surface area contributed by atoms with Crippen molar-refractivity contribution in [2.24, 2.45) is 11.7 Å². The third-order valence-electron chi connectivity index (χ3n) is 4.26. The second kappa shape index (κ2) is 36.9. The van der Waals surface area contributed by atoms with E-state index in [1.54, 1.807) is 0 Å². The molecule has 238 valence electrons. The van der Waals surface area contributed by atoms with Gasteiger partial charge in [-0.2, -0.15) is 0 Å². The standard InChI is InChI=1S/C11H12N2O2S.C6H11NO.C4H10.C3H8.C2H7N.3C2H6/c14-8-12-11(6-7-11)10(15)13-16-9-4-2-1-3-5-9;1-6-3-2-4-7(6)5-8;1-4(2)3;1-3-2;1-2-3;3*1-2/h1-5,8H,6-7H2,(H,12,14)(H,13,15);5-6H,2-4H2,1H3;4H,1-3H3;3H2,1-2H3;2-3H2,1H3;3*1-2H3. The summed E-state index contributed by atoms with van der Waals surface area (Å²) in [7, 11) is 0. The minimum absolute atomic E-state index is 0.131. The molecule has 0 radical (unpaired) electrons. The maximum atomic E-state index is 11.7. The first-order chi connectivity index (χ1) is 19.2. The van der Waals surface area contributed by atoms with Crippen molar-refractivity contribution in [3.05, 3.63) is 30.3 Å². The maximum Gasteiger partial charge on any atom is 0.255 e. The molecule has 3 amide bonds. The fraction of sp³-hybridized carbons (Fsp3) is 0.719. The van der Waals surface area contributed by atoms with Gasteiger partial charge in [0.25, 0.3) is 5.91 Å². The Morgan fingerprint density at radius 3 is 1.73 bits per heavy atom. The molecule has 1 aromatic carbocycles. The summed E-state index contributed by atoms with van der Waals surface area (Å²) in [6, 6.07) is 10.1. The molecule has 4 N–H and O–H groups in total. The number of nitrogens with one attached hydrogen (secondary N) is 2. The molecule has 1 atom stereocenters. The first-order valence-corrected chi connectivity index (χ1v) is 16.1. The summed E-state index contributed by atoms with van der Waals surface area (Å²) < 4.78 is 2.74. The van der Waals surface area contributed by atoms with Gasteiger partial charge in [-0.25, -0.2) is 0 Å². The van der Waals surface area contributed by atoms with E-state index >= 15 is 0 Å². The van der Waals surface area contributed by atoms with Crippen molar-refractivity contribution in [3.8, 4) is 0 Å². The quantitative estimate of drug-likeness (QED) is 0.233. The number of benzene rings is 1. The fourth-order valence-corrected chi connectivity index (χ4v) is 3.18. The Labute approximate surface area is 253 Å². The molecule has 0 spiro atoms. The summed E-state index contributed by atoms with van der Waals surface area (Å²) in [5.41, 5.74) is 4.20. The number of amides is 3. The molecule has 2 aliphatic rings. The topological polar surface area (TPSA) is 105 Å². The van der Waals surface area contributed by atoms with E-state index in [1.165, 1.54) is 31.2 Å². The lowest BCUT2D eigenvalue weighted by Crippen LogP contribution is -2.43. The highest BCUT2D eigenvalue weighted by Crippen LogP contribution is 2.35. The Bertz CT molecular complexity index is 638. The molecule has 1 saturated heterocycles. The second-order valence-electron chi connectivity index (χ2n) is 8.87. The van der Waals surface area contributed by atoms with Gasteiger partial charge in [0.05, 0.1) is 0 Å². The smallest absolute Gasteiger partial charge is 0.255 e. The predicted octanol–water partition coefficient (Wildman–Crippen LogP) is 7.84. The number of nitrogens with two attached hydrogens (primary N) is 1. The van der Waals surface area contributed by atoms with Crippen molar-refractivity contribution in [2.75, 3.05) is 13.1 Å². The van der Waals surface area contributed by atoms with Crippen LogP contribution in [0.5, 0.6) is 0 Å². The van der Waals surface area contributed by atoms with E-state index in [2.05, 4.69) is 51.6 Å². The van der Waals surface area contributed by atoms with Gasteiger partial charge in [-0.1, -0.05) is 108 Å². The fourth-order valence-electron chi connectivity index (χ4n) is 2.48. The highest BCUT2D eigenvalue weighted by Gasteiger charge is 2.49. The zero-order valence-corrected chi connectivity index (χ0v) is 29.1. The van der Waals surface area contributed by atoms with Gasteiger partial charge in [0.15, 0.2) is 0 Å². The van der Waals surface area contributed by atoms with Crippen LogP contribution in [0.4, 0.5) is 0 Å². The highest BCUT2D eigenvalue weighted by molar-refractivity contribution is 7.98. The van der Waals surface area contributed by atoms with Crippen LogP contribution in [-0.4, -0.2) is 48.3 Å². The SMILES string of the molecule is CC.CC.CC.CC(C)C.CC1CCCN1C=O.CCC.CCN.O=CNC1(C(=O)NSc2ccccc2)CC1. The molecule has 0 aromatic heterocycles. The number of carbonyl (C=O) groups excluding carboxylic acids is 3.